The van der Waals surface area contributed by atoms with Crippen molar-refractivity contribution in [2.75, 3.05) is 32.6 Å². The number of hydrogen-bond donors (Lipinski definition) is 1. The van der Waals surface area contributed by atoms with Gasteiger partial charge in [0.2, 0.25) is 10.0 Å². The van der Waals surface area contributed by atoms with Crippen molar-refractivity contribution in [3.8, 4) is 0 Å². The summed E-state index contributed by atoms with van der Waals surface area (Å²) in [6, 6.07) is 0.904. The van der Waals surface area contributed by atoms with Gasteiger partial charge in [0.25, 0.3) is 0 Å². The van der Waals surface area contributed by atoms with Gasteiger partial charge in [0.1, 0.15) is 0 Å². The van der Waals surface area contributed by atoms with Crippen LogP contribution in [0.25, 0.3) is 0 Å². The molecule has 2 aliphatic heterocycles. The van der Waals surface area contributed by atoms with Crippen molar-refractivity contribution < 1.29 is 13.2 Å². The van der Waals surface area contributed by atoms with E-state index in [4.69, 9.17) is 4.74 Å². The molecule has 0 spiro atoms. The van der Waals surface area contributed by atoms with Crippen LogP contribution in [0.1, 0.15) is 26.2 Å². The zero-order valence-corrected chi connectivity index (χ0v) is 12.1. The average molecular weight is 276 g/mol. The van der Waals surface area contributed by atoms with E-state index in [1.54, 1.807) is 4.31 Å². The first-order valence-corrected chi connectivity index (χ1v) is 8.60. The first kappa shape index (κ1) is 14.2. The van der Waals surface area contributed by atoms with Gasteiger partial charge in [-0.25, -0.2) is 12.7 Å². The molecule has 2 heterocycles. The second kappa shape index (κ2) is 5.86. The molecule has 0 bridgehead atoms. The van der Waals surface area contributed by atoms with Gasteiger partial charge in [0.15, 0.2) is 0 Å². The first-order valence-electron chi connectivity index (χ1n) is 6.75. The Morgan fingerprint density at radius 2 is 1.94 bits per heavy atom. The van der Waals surface area contributed by atoms with Crippen LogP contribution in [0.15, 0.2) is 0 Å². The van der Waals surface area contributed by atoms with Crippen LogP contribution in [0.5, 0.6) is 0 Å². The minimum Gasteiger partial charge on any atom is -0.381 e. The van der Waals surface area contributed by atoms with Crippen molar-refractivity contribution >= 4 is 10.0 Å². The lowest BCUT2D eigenvalue weighted by molar-refractivity contribution is 0.173. The molecule has 18 heavy (non-hydrogen) atoms. The summed E-state index contributed by atoms with van der Waals surface area (Å²) in [7, 11) is -3.01. The fourth-order valence-electron chi connectivity index (χ4n) is 2.81. The van der Waals surface area contributed by atoms with Gasteiger partial charge in [-0.2, -0.15) is 0 Å². The lowest BCUT2D eigenvalue weighted by Gasteiger charge is -2.33. The summed E-state index contributed by atoms with van der Waals surface area (Å²) in [6.07, 6.45) is 4.24. The van der Waals surface area contributed by atoms with Gasteiger partial charge in [-0.1, -0.05) is 0 Å². The van der Waals surface area contributed by atoms with E-state index in [1.165, 1.54) is 6.26 Å². The fraction of sp³-hybridized carbons (Fsp3) is 1.00. The standard InChI is InChI=1S/C12H24N2O3S/c1-10(11-5-8-17-9-11)13-12-3-6-14(7-4-12)18(2,15)16/h10-13H,3-9H2,1-2H3. The highest BCUT2D eigenvalue weighted by atomic mass is 32.2. The van der Waals surface area contributed by atoms with Gasteiger partial charge < -0.3 is 10.1 Å². The van der Waals surface area contributed by atoms with E-state index in [-0.39, 0.29) is 0 Å². The van der Waals surface area contributed by atoms with Gasteiger partial charge in [-0.05, 0) is 32.1 Å². The van der Waals surface area contributed by atoms with Crippen LogP contribution in [0.3, 0.4) is 0 Å². The summed E-state index contributed by atoms with van der Waals surface area (Å²) in [5.41, 5.74) is 0. The van der Waals surface area contributed by atoms with E-state index >= 15 is 0 Å². The van der Waals surface area contributed by atoms with Crippen molar-refractivity contribution in [3.63, 3.8) is 0 Å². The van der Waals surface area contributed by atoms with E-state index in [0.717, 1.165) is 32.5 Å². The van der Waals surface area contributed by atoms with Crippen molar-refractivity contribution in [3.05, 3.63) is 0 Å². The van der Waals surface area contributed by atoms with E-state index in [0.29, 0.717) is 31.1 Å². The molecule has 6 heteroatoms. The summed E-state index contributed by atoms with van der Waals surface area (Å²) in [6.45, 7) is 5.23. The minimum absolute atomic E-state index is 0.443. The molecule has 2 saturated heterocycles. The SMILES string of the molecule is CC(NC1CCN(S(C)(=O)=O)CC1)C1CCOC1. The molecular weight excluding hydrogens is 252 g/mol. The summed E-state index contributed by atoms with van der Waals surface area (Å²) < 4.78 is 29.8. The summed E-state index contributed by atoms with van der Waals surface area (Å²) in [5, 5.41) is 3.63. The number of piperidine rings is 1. The molecular formula is C12H24N2O3S. The lowest BCUT2D eigenvalue weighted by atomic mass is 9.98. The number of rotatable bonds is 4. The van der Waals surface area contributed by atoms with Crippen molar-refractivity contribution in [2.45, 2.75) is 38.3 Å². The van der Waals surface area contributed by atoms with Crippen LogP contribution in [0, 0.1) is 5.92 Å². The molecule has 0 aromatic rings. The molecule has 1 N–H and O–H groups in total. The minimum atomic E-state index is -3.01. The number of nitrogens with one attached hydrogen (secondary N) is 1. The molecule has 0 aromatic heterocycles. The normalized spacial score (nSPS) is 29.6. The van der Waals surface area contributed by atoms with E-state index < -0.39 is 10.0 Å². The summed E-state index contributed by atoms with van der Waals surface area (Å²) >= 11 is 0. The van der Waals surface area contributed by atoms with Crippen LogP contribution in [0.4, 0.5) is 0 Å². The molecule has 0 amide bonds. The molecule has 0 radical (unpaired) electrons. The van der Waals surface area contributed by atoms with Gasteiger partial charge in [-0.15, -0.1) is 0 Å². The third-order valence-corrected chi connectivity index (χ3v) is 5.40. The van der Waals surface area contributed by atoms with Crippen molar-refractivity contribution in [2.24, 2.45) is 5.92 Å². The second-order valence-electron chi connectivity index (χ2n) is 5.52. The molecule has 106 valence electrons. The van der Waals surface area contributed by atoms with Gasteiger partial charge >= 0.3 is 0 Å². The van der Waals surface area contributed by atoms with E-state index in [1.807, 2.05) is 0 Å². The monoisotopic (exact) mass is 276 g/mol. The van der Waals surface area contributed by atoms with E-state index in [9.17, 15) is 8.42 Å². The quantitative estimate of drug-likeness (QED) is 0.809. The molecule has 0 aromatic carbocycles. The smallest absolute Gasteiger partial charge is 0.211 e. The Bertz CT molecular complexity index is 358. The second-order valence-corrected chi connectivity index (χ2v) is 7.50. The molecule has 5 nitrogen and oxygen atoms in total. The highest BCUT2D eigenvalue weighted by molar-refractivity contribution is 7.88. The van der Waals surface area contributed by atoms with Crippen LogP contribution >= 0.6 is 0 Å². The number of sulfonamides is 1. The third kappa shape index (κ3) is 3.66. The Morgan fingerprint density at radius 1 is 1.28 bits per heavy atom. The Balaban J connectivity index is 1.76. The zero-order chi connectivity index (χ0) is 13.2. The van der Waals surface area contributed by atoms with Gasteiger partial charge in [0.05, 0.1) is 12.9 Å². The topological polar surface area (TPSA) is 58.6 Å². The van der Waals surface area contributed by atoms with E-state index in [2.05, 4.69) is 12.2 Å². The highest BCUT2D eigenvalue weighted by Crippen LogP contribution is 2.19. The summed E-state index contributed by atoms with van der Waals surface area (Å²) in [5.74, 6) is 0.609. The first-order chi connectivity index (χ1) is 8.47. The maximum atomic E-state index is 11.4. The van der Waals surface area contributed by atoms with Crippen LogP contribution in [-0.2, 0) is 14.8 Å². The van der Waals surface area contributed by atoms with Crippen LogP contribution < -0.4 is 5.32 Å². The van der Waals surface area contributed by atoms with Crippen LogP contribution in [0.2, 0.25) is 0 Å². The third-order valence-electron chi connectivity index (χ3n) is 4.09. The number of ether oxygens (including phenoxy) is 1. The Hall–Kier alpha value is -0.170. The molecule has 2 rings (SSSR count). The van der Waals surface area contributed by atoms with Gasteiger partial charge in [-0.3, -0.25) is 0 Å². The Labute approximate surface area is 110 Å². The predicted molar refractivity (Wildman–Crippen MR) is 71.0 cm³/mol. The average Bonchev–Trinajstić information content (AvgIpc) is 2.82. The fourth-order valence-corrected chi connectivity index (χ4v) is 3.68. The maximum absolute atomic E-state index is 11.4. The van der Waals surface area contributed by atoms with Gasteiger partial charge in [0, 0.05) is 31.8 Å². The van der Waals surface area contributed by atoms with Crippen LogP contribution in [-0.4, -0.2) is 57.4 Å². The van der Waals surface area contributed by atoms with Crippen molar-refractivity contribution in [1.29, 1.82) is 0 Å². The lowest BCUT2D eigenvalue weighted by Crippen LogP contribution is -2.48. The maximum Gasteiger partial charge on any atom is 0.211 e. The molecule has 2 unspecified atom stereocenters. The summed E-state index contributed by atoms with van der Waals surface area (Å²) in [4.78, 5) is 0. The predicted octanol–water partition coefficient (Wildman–Crippen LogP) is 0.425. The molecule has 2 fully saturated rings. The molecule has 2 aliphatic rings. The molecule has 2 atom stereocenters. The molecule has 0 saturated carbocycles. The zero-order valence-electron chi connectivity index (χ0n) is 11.3. The number of nitrogens with zero attached hydrogens (tertiary/aromatic N) is 1. The molecule has 0 aliphatic carbocycles. The largest absolute Gasteiger partial charge is 0.381 e. The number of hydrogen-bond acceptors (Lipinski definition) is 4. The van der Waals surface area contributed by atoms with Crippen molar-refractivity contribution in [1.82, 2.24) is 9.62 Å². The Kier molecular flexibility index (Phi) is 4.64. The Morgan fingerprint density at radius 3 is 2.44 bits per heavy atom. The highest BCUT2D eigenvalue weighted by Gasteiger charge is 2.28.